The number of fused-ring (bicyclic) bond motifs is 4. The van der Waals surface area contributed by atoms with Gasteiger partial charge in [-0.05, 0) is 55.6 Å². The maximum Gasteiger partial charge on any atom is 0.244 e. The molecule has 1 aromatic carbocycles. The second kappa shape index (κ2) is 8.46. The van der Waals surface area contributed by atoms with Crippen LogP contribution in [0.25, 0.3) is 21.9 Å². The molecular weight excluding hydrogens is 457 g/mol. The van der Waals surface area contributed by atoms with E-state index in [1.165, 1.54) is 4.90 Å². The van der Waals surface area contributed by atoms with E-state index in [-0.39, 0.29) is 18.0 Å². The highest BCUT2D eigenvalue weighted by atomic mass is 35.5. The summed E-state index contributed by atoms with van der Waals surface area (Å²) in [5.41, 5.74) is 2.33. The van der Waals surface area contributed by atoms with Crippen LogP contribution in [0.15, 0.2) is 54.9 Å². The number of rotatable bonds is 3. The molecule has 0 saturated carbocycles. The van der Waals surface area contributed by atoms with Crippen LogP contribution in [0.2, 0.25) is 5.15 Å². The Hall–Kier alpha value is -3.91. The van der Waals surface area contributed by atoms with Crippen molar-refractivity contribution in [3.63, 3.8) is 0 Å². The lowest BCUT2D eigenvalue weighted by molar-refractivity contribution is -0.122. The minimum atomic E-state index is -0.712. The van der Waals surface area contributed by atoms with Crippen molar-refractivity contribution in [3.05, 3.63) is 77.3 Å². The van der Waals surface area contributed by atoms with Gasteiger partial charge in [0.25, 0.3) is 0 Å². The van der Waals surface area contributed by atoms with Crippen molar-refractivity contribution in [2.75, 3.05) is 16.8 Å². The maximum atomic E-state index is 15.1. The second-order valence-corrected chi connectivity index (χ2v) is 8.47. The monoisotopic (exact) mass is 475 g/mol. The van der Waals surface area contributed by atoms with Crippen molar-refractivity contribution in [3.8, 4) is 11.1 Å². The second-order valence-electron chi connectivity index (χ2n) is 8.12. The number of benzene rings is 1. The van der Waals surface area contributed by atoms with E-state index >= 15 is 4.39 Å². The van der Waals surface area contributed by atoms with E-state index in [1.54, 1.807) is 68.7 Å². The van der Waals surface area contributed by atoms with Crippen molar-refractivity contribution in [2.24, 2.45) is 0 Å². The molecule has 0 spiro atoms. The van der Waals surface area contributed by atoms with E-state index in [0.717, 1.165) is 10.8 Å². The zero-order chi connectivity index (χ0) is 24.0. The van der Waals surface area contributed by atoms with Gasteiger partial charge in [-0.15, -0.1) is 0 Å². The van der Waals surface area contributed by atoms with Gasteiger partial charge in [-0.25, -0.2) is 9.97 Å². The quantitative estimate of drug-likeness (QED) is 0.426. The Morgan fingerprint density at radius 1 is 1.18 bits per heavy atom. The zero-order valence-corrected chi connectivity index (χ0v) is 19.1. The summed E-state index contributed by atoms with van der Waals surface area (Å²) in [7, 11) is 0. The smallest absolute Gasteiger partial charge is 0.244 e. The van der Waals surface area contributed by atoms with Gasteiger partial charge in [0.2, 0.25) is 17.8 Å². The van der Waals surface area contributed by atoms with Crippen LogP contribution in [0.4, 0.5) is 15.8 Å². The molecule has 7 nitrogen and oxygen atoms in total. The fourth-order valence-corrected chi connectivity index (χ4v) is 4.48. The third-order valence-corrected chi connectivity index (χ3v) is 6.13. The largest absolute Gasteiger partial charge is 0.325 e. The number of hydrogen-bond donors (Lipinski definition) is 1. The topological polar surface area (TPSA) is 88.1 Å². The standard InChI is InChI=1S/C25H19ClFN5O2/c1-13-10-19-21(24(27)30-13)18-4-3-8-28-22(18)14(2)25(34)32(19)12-20(33)31-16-5-6-17-15(11-16)7-9-29-23(17)26/h3-11,14H,12H2,1-2H3,(H,31,33)/t14-/m1/s1. The Kier molecular flexibility index (Phi) is 5.45. The first kappa shape index (κ1) is 21.9. The average molecular weight is 476 g/mol. The first-order chi connectivity index (χ1) is 16.3. The molecule has 170 valence electrons. The number of pyridine rings is 3. The molecule has 0 unspecified atom stereocenters. The van der Waals surface area contributed by atoms with E-state index in [0.29, 0.717) is 33.5 Å². The predicted molar refractivity (Wildman–Crippen MR) is 128 cm³/mol. The van der Waals surface area contributed by atoms with Gasteiger partial charge in [-0.2, -0.15) is 4.39 Å². The summed E-state index contributed by atoms with van der Waals surface area (Å²) in [5, 5.41) is 4.76. The van der Waals surface area contributed by atoms with Crippen molar-refractivity contribution in [1.82, 2.24) is 15.0 Å². The van der Waals surface area contributed by atoms with Gasteiger partial charge in [-0.1, -0.05) is 17.7 Å². The highest BCUT2D eigenvalue weighted by Gasteiger charge is 2.35. The van der Waals surface area contributed by atoms with Gasteiger partial charge >= 0.3 is 0 Å². The lowest BCUT2D eigenvalue weighted by Gasteiger charge is -2.24. The number of amides is 2. The van der Waals surface area contributed by atoms with Crippen LogP contribution in [0.1, 0.15) is 24.2 Å². The number of aryl methyl sites for hydroxylation is 1. The lowest BCUT2D eigenvalue weighted by atomic mass is 9.98. The summed E-state index contributed by atoms with van der Waals surface area (Å²) in [6.45, 7) is 3.03. The van der Waals surface area contributed by atoms with Crippen LogP contribution in [0.3, 0.4) is 0 Å². The summed E-state index contributed by atoms with van der Waals surface area (Å²) >= 11 is 6.12. The highest BCUT2D eigenvalue weighted by molar-refractivity contribution is 6.34. The Balaban J connectivity index is 1.51. The zero-order valence-electron chi connectivity index (χ0n) is 18.3. The van der Waals surface area contributed by atoms with E-state index in [4.69, 9.17) is 11.6 Å². The summed E-state index contributed by atoms with van der Waals surface area (Å²) in [5.74, 6) is -2.17. The van der Waals surface area contributed by atoms with Crippen LogP contribution < -0.4 is 10.2 Å². The summed E-state index contributed by atoms with van der Waals surface area (Å²) in [6, 6.07) is 12.0. The molecular formula is C25H19ClFN5O2. The van der Waals surface area contributed by atoms with Crippen molar-refractivity contribution in [1.29, 1.82) is 0 Å². The highest BCUT2D eigenvalue weighted by Crippen LogP contribution is 2.41. The molecule has 4 heterocycles. The van der Waals surface area contributed by atoms with Crippen LogP contribution >= 0.6 is 11.6 Å². The first-order valence-corrected chi connectivity index (χ1v) is 11.0. The van der Waals surface area contributed by atoms with Gasteiger partial charge in [0.05, 0.1) is 22.9 Å². The van der Waals surface area contributed by atoms with E-state index in [1.807, 2.05) is 0 Å². The first-order valence-electron chi connectivity index (χ1n) is 10.6. The summed E-state index contributed by atoms with van der Waals surface area (Å²) in [4.78, 5) is 40.1. The molecule has 0 radical (unpaired) electrons. The predicted octanol–water partition coefficient (Wildman–Crippen LogP) is 4.88. The molecule has 1 aliphatic rings. The van der Waals surface area contributed by atoms with Gasteiger partial charge in [0, 0.05) is 34.7 Å². The molecule has 3 aromatic heterocycles. The van der Waals surface area contributed by atoms with Crippen LogP contribution in [0.5, 0.6) is 0 Å². The molecule has 1 aliphatic heterocycles. The van der Waals surface area contributed by atoms with E-state index in [2.05, 4.69) is 20.3 Å². The minimum Gasteiger partial charge on any atom is -0.325 e. The van der Waals surface area contributed by atoms with Gasteiger partial charge in [0.15, 0.2) is 0 Å². The van der Waals surface area contributed by atoms with E-state index < -0.39 is 17.8 Å². The Morgan fingerprint density at radius 2 is 2.00 bits per heavy atom. The average Bonchev–Trinajstić information content (AvgIpc) is 2.89. The summed E-state index contributed by atoms with van der Waals surface area (Å²) in [6.07, 6.45) is 3.15. The number of nitrogens with one attached hydrogen (secondary N) is 1. The van der Waals surface area contributed by atoms with Crippen molar-refractivity contribution >= 4 is 45.6 Å². The summed E-state index contributed by atoms with van der Waals surface area (Å²) < 4.78 is 15.1. The van der Waals surface area contributed by atoms with Crippen LogP contribution in [-0.2, 0) is 9.59 Å². The molecule has 0 saturated heterocycles. The fraction of sp³-hybridized carbons (Fsp3) is 0.160. The third-order valence-electron chi connectivity index (χ3n) is 5.83. The normalized spacial score (nSPS) is 15.0. The number of halogens is 2. The number of nitrogens with zero attached hydrogens (tertiary/aromatic N) is 4. The third kappa shape index (κ3) is 3.76. The molecule has 0 bridgehead atoms. The SMILES string of the molecule is Cc1cc2c(c(F)n1)-c1cccnc1[C@@H](C)C(=O)N2CC(=O)Nc1ccc2c(Cl)nccc2c1. The number of anilines is 2. The van der Waals surface area contributed by atoms with Gasteiger partial charge in [-0.3, -0.25) is 14.6 Å². The Morgan fingerprint density at radius 3 is 2.82 bits per heavy atom. The number of hydrogen-bond acceptors (Lipinski definition) is 5. The number of aromatic nitrogens is 3. The fourth-order valence-electron chi connectivity index (χ4n) is 4.25. The van der Waals surface area contributed by atoms with Crippen LogP contribution in [0, 0.1) is 12.9 Å². The molecule has 0 aliphatic carbocycles. The van der Waals surface area contributed by atoms with E-state index in [9.17, 15) is 9.59 Å². The molecule has 1 N–H and O–H groups in total. The molecule has 1 atom stereocenters. The van der Waals surface area contributed by atoms with Gasteiger partial charge < -0.3 is 10.2 Å². The molecule has 34 heavy (non-hydrogen) atoms. The molecule has 5 rings (SSSR count). The minimum absolute atomic E-state index is 0.159. The maximum absolute atomic E-state index is 15.1. The van der Waals surface area contributed by atoms with Crippen LogP contribution in [-0.4, -0.2) is 33.3 Å². The van der Waals surface area contributed by atoms with Crippen molar-refractivity contribution in [2.45, 2.75) is 19.8 Å². The van der Waals surface area contributed by atoms with Gasteiger partial charge in [0.1, 0.15) is 11.7 Å². The number of carbonyl (C=O) groups is 2. The molecule has 2 amide bonds. The molecule has 9 heteroatoms. The Labute approximate surface area is 199 Å². The molecule has 0 fully saturated rings. The van der Waals surface area contributed by atoms with Crippen molar-refractivity contribution < 1.29 is 14.0 Å². The number of carbonyl (C=O) groups excluding carboxylic acids is 2. The Bertz CT molecular complexity index is 1480. The molecule has 4 aromatic rings. The lowest BCUT2D eigenvalue weighted by Crippen LogP contribution is -2.40.